The number of carbonyl (C=O) groups is 1. The Balaban J connectivity index is 1.42. The summed E-state index contributed by atoms with van der Waals surface area (Å²) >= 11 is 7.23. The van der Waals surface area contributed by atoms with Gasteiger partial charge in [0.1, 0.15) is 0 Å². The maximum atomic E-state index is 12.2. The predicted octanol–water partition coefficient (Wildman–Crippen LogP) is 4.40. The molecule has 0 aliphatic carbocycles. The van der Waals surface area contributed by atoms with Crippen molar-refractivity contribution in [2.45, 2.75) is 13.0 Å². The Kier molecular flexibility index (Phi) is 4.79. The number of nitrogens with zero attached hydrogens (tertiary/aromatic N) is 2. The van der Waals surface area contributed by atoms with E-state index in [0.717, 1.165) is 11.3 Å². The fourth-order valence-electron chi connectivity index (χ4n) is 2.71. The summed E-state index contributed by atoms with van der Waals surface area (Å²) < 4.78 is 6.62. The number of rotatable bonds is 5. The second kappa shape index (κ2) is 7.38. The van der Waals surface area contributed by atoms with Crippen LogP contribution in [-0.4, -0.2) is 15.5 Å². The largest absolute Gasteiger partial charge is 0.419 e. The molecule has 4 rings (SSSR count). The standard InChI is InChI=1S/C19H14ClN3O3S/c20-13-7-5-12(6-8-13)14-11-27-18(21-14)22-17(24)9-10-23-15-3-1-2-4-16(15)26-19(23)25/h1-8,11H,9-10H2,(H,21,22,24). The molecule has 0 atom stereocenters. The van der Waals surface area contributed by atoms with Crippen LogP contribution in [0.15, 0.2) is 63.1 Å². The van der Waals surface area contributed by atoms with E-state index in [4.69, 9.17) is 16.0 Å². The molecule has 0 unspecified atom stereocenters. The molecule has 1 amide bonds. The number of oxazole rings is 1. The number of benzene rings is 2. The molecule has 0 bridgehead atoms. The number of amides is 1. The lowest BCUT2D eigenvalue weighted by molar-refractivity contribution is -0.116. The first kappa shape index (κ1) is 17.5. The molecular formula is C19H14ClN3O3S. The van der Waals surface area contributed by atoms with Gasteiger partial charge >= 0.3 is 5.76 Å². The minimum Gasteiger partial charge on any atom is -0.408 e. The second-order valence-electron chi connectivity index (χ2n) is 5.83. The van der Waals surface area contributed by atoms with E-state index >= 15 is 0 Å². The number of nitrogens with one attached hydrogen (secondary N) is 1. The highest BCUT2D eigenvalue weighted by Crippen LogP contribution is 2.26. The normalized spacial score (nSPS) is 11.0. The van der Waals surface area contributed by atoms with Crippen LogP contribution in [0.2, 0.25) is 5.02 Å². The van der Waals surface area contributed by atoms with Crippen molar-refractivity contribution >= 4 is 45.1 Å². The molecule has 2 aromatic carbocycles. The Bertz CT molecular complexity index is 1160. The Hall–Kier alpha value is -2.90. The van der Waals surface area contributed by atoms with Gasteiger partial charge in [0, 0.05) is 28.9 Å². The molecule has 4 aromatic rings. The van der Waals surface area contributed by atoms with Crippen LogP contribution in [0.5, 0.6) is 0 Å². The molecule has 2 heterocycles. The maximum Gasteiger partial charge on any atom is 0.419 e. The Labute approximate surface area is 163 Å². The average molecular weight is 400 g/mol. The van der Waals surface area contributed by atoms with Crippen LogP contribution >= 0.6 is 22.9 Å². The van der Waals surface area contributed by atoms with Crippen LogP contribution in [-0.2, 0) is 11.3 Å². The van der Waals surface area contributed by atoms with Crippen molar-refractivity contribution in [3.63, 3.8) is 0 Å². The summed E-state index contributed by atoms with van der Waals surface area (Å²) in [4.78, 5) is 28.6. The summed E-state index contributed by atoms with van der Waals surface area (Å²) in [6, 6.07) is 14.5. The summed E-state index contributed by atoms with van der Waals surface area (Å²) in [6.07, 6.45) is 0.138. The second-order valence-corrected chi connectivity index (χ2v) is 7.12. The Morgan fingerprint density at radius 2 is 1.96 bits per heavy atom. The predicted molar refractivity (Wildman–Crippen MR) is 106 cm³/mol. The van der Waals surface area contributed by atoms with Crippen LogP contribution < -0.4 is 11.1 Å². The van der Waals surface area contributed by atoms with Crippen LogP contribution in [0.25, 0.3) is 22.4 Å². The van der Waals surface area contributed by atoms with Crippen LogP contribution in [0.1, 0.15) is 6.42 Å². The molecule has 6 nitrogen and oxygen atoms in total. The molecule has 0 fully saturated rings. The smallest absolute Gasteiger partial charge is 0.408 e. The molecule has 0 saturated heterocycles. The number of halogens is 1. The zero-order valence-corrected chi connectivity index (χ0v) is 15.6. The SMILES string of the molecule is O=C(CCn1c(=O)oc2ccccc21)Nc1nc(-c2ccc(Cl)cc2)cs1. The first-order valence-electron chi connectivity index (χ1n) is 8.20. The van der Waals surface area contributed by atoms with Crippen LogP contribution in [0.4, 0.5) is 5.13 Å². The quantitative estimate of drug-likeness (QED) is 0.539. The van der Waals surface area contributed by atoms with E-state index in [1.54, 1.807) is 30.3 Å². The van der Waals surface area contributed by atoms with E-state index in [1.807, 2.05) is 23.6 Å². The van der Waals surface area contributed by atoms with Gasteiger partial charge < -0.3 is 9.73 Å². The van der Waals surface area contributed by atoms with E-state index in [2.05, 4.69) is 10.3 Å². The van der Waals surface area contributed by atoms with Gasteiger partial charge in [-0.25, -0.2) is 9.78 Å². The molecule has 1 N–H and O–H groups in total. The Morgan fingerprint density at radius 1 is 1.19 bits per heavy atom. The first-order valence-corrected chi connectivity index (χ1v) is 9.45. The third-order valence-electron chi connectivity index (χ3n) is 4.03. The number of thiazole rings is 1. The number of aryl methyl sites for hydroxylation is 1. The highest BCUT2D eigenvalue weighted by Gasteiger charge is 2.12. The molecule has 2 aromatic heterocycles. The highest BCUT2D eigenvalue weighted by molar-refractivity contribution is 7.14. The fraction of sp³-hybridized carbons (Fsp3) is 0.105. The van der Waals surface area contributed by atoms with Gasteiger partial charge in [-0.2, -0.15) is 0 Å². The molecule has 27 heavy (non-hydrogen) atoms. The third kappa shape index (κ3) is 3.79. The lowest BCUT2D eigenvalue weighted by Crippen LogP contribution is -2.19. The van der Waals surface area contributed by atoms with Gasteiger partial charge in [-0.1, -0.05) is 35.9 Å². The zero-order valence-electron chi connectivity index (χ0n) is 14.0. The molecular weight excluding hydrogens is 386 g/mol. The van der Waals surface area contributed by atoms with Crippen LogP contribution in [0, 0.1) is 0 Å². The molecule has 136 valence electrons. The van der Waals surface area contributed by atoms with E-state index < -0.39 is 5.76 Å². The van der Waals surface area contributed by atoms with Crippen molar-refractivity contribution < 1.29 is 9.21 Å². The maximum absolute atomic E-state index is 12.2. The lowest BCUT2D eigenvalue weighted by Gasteiger charge is -2.03. The van der Waals surface area contributed by atoms with Gasteiger partial charge in [-0.15, -0.1) is 11.3 Å². The summed E-state index contributed by atoms with van der Waals surface area (Å²) in [6.45, 7) is 0.233. The van der Waals surface area contributed by atoms with E-state index in [1.165, 1.54) is 15.9 Å². The van der Waals surface area contributed by atoms with Crippen LogP contribution in [0.3, 0.4) is 0 Å². The van der Waals surface area contributed by atoms with Crippen molar-refractivity contribution in [1.29, 1.82) is 0 Å². The average Bonchev–Trinajstić information content (AvgIpc) is 3.24. The van der Waals surface area contributed by atoms with Crippen molar-refractivity contribution in [1.82, 2.24) is 9.55 Å². The Morgan fingerprint density at radius 3 is 2.78 bits per heavy atom. The summed E-state index contributed by atoms with van der Waals surface area (Å²) in [5.74, 6) is -0.688. The monoisotopic (exact) mass is 399 g/mol. The topological polar surface area (TPSA) is 77.1 Å². The molecule has 0 saturated carbocycles. The number of fused-ring (bicyclic) bond motifs is 1. The third-order valence-corrected chi connectivity index (χ3v) is 5.04. The van der Waals surface area contributed by atoms with Crippen molar-refractivity contribution in [3.05, 3.63) is 69.5 Å². The number of hydrogen-bond donors (Lipinski definition) is 1. The molecule has 0 radical (unpaired) electrons. The highest BCUT2D eigenvalue weighted by atomic mass is 35.5. The van der Waals surface area contributed by atoms with E-state index in [0.29, 0.717) is 21.3 Å². The number of hydrogen-bond acceptors (Lipinski definition) is 5. The van der Waals surface area contributed by atoms with Gasteiger partial charge in [-0.3, -0.25) is 9.36 Å². The molecule has 0 spiro atoms. The number of anilines is 1. The van der Waals surface area contributed by atoms with Crippen molar-refractivity contribution in [2.75, 3.05) is 5.32 Å². The molecule has 0 aliphatic rings. The number of aromatic nitrogens is 2. The number of para-hydroxylation sites is 2. The van der Waals surface area contributed by atoms with E-state index in [-0.39, 0.29) is 18.9 Å². The fourth-order valence-corrected chi connectivity index (χ4v) is 3.57. The molecule has 8 heteroatoms. The van der Waals surface area contributed by atoms with E-state index in [9.17, 15) is 9.59 Å². The number of carbonyl (C=O) groups excluding carboxylic acids is 1. The minimum absolute atomic E-state index is 0.138. The van der Waals surface area contributed by atoms with Crippen molar-refractivity contribution in [3.8, 4) is 11.3 Å². The molecule has 0 aliphatic heterocycles. The first-order chi connectivity index (χ1) is 13.1. The van der Waals surface area contributed by atoms with Crippen molar-refractivity contribution in [2.24, 2.45) is 0 Å². The van der Waals surface area contributed by atoms with Gasteiger partial charge in [0.25, 0.3) is 0 Å². The van der Waals surface area contributed by atoms with Gasteiger partial charge in [-0.05, 0) is 24.3 Å². The minimum atomic E-state index is -0.469. The van der Waals surface area contributed by atoms with Gasteiger partial charge in [0.15, 0.2) is 10.7 Å². The lowest BCUT2D eigenvalue weighted by atomic mass is 10.2. The summed E-state index contributed by atoms with van der Waals surface area (Å²) in [7, 11) is 0. The summed E-state index contributed by atoms with van der Waals surface area (Å²) in [5.41, 5.74) is 2.88. The summed E-state index contributed by atoms with van der Waals surface area (Å²) in [5, 5.41) is 5.80. The zero-order chi connectivity index (χ0) is 18.8. The van der Waals surface area contributed by atoms with Gasteiger partial charge in [0.05, 0.1) is 11.2 Å². The van der Waals surface area contributed by atoms with Gasteiger partial charge in [0.2, 0.25) is 5.91 Å².